The monoisotopic (exact) mass is 332 g/mol. The Hall–Kier alpha value is -2.47. The zero-order valence-corrected chi connectivity index (χ0v) is 14.4. The molecule has 0 aliphatic carbocycles. The van der Waals surface area contributed by atoms with Crippen LogP contribution in [0.5, 0.6) is 17.2 Å². The first-order valence-corrected chi connectivity index (χ1v) is 7.43. The molecule has 2 aromatic carbocycles. The lowest BCUT2D eigenvalue weighted by molar-refractivity contribution is 0.395. The maximum Gasteiger partial charge on any atom is 0.175 e. The summed E-state index contributed by atoms with van der Waals surface area (Å²) in [4.78, 5) is 0. The quantitative estimate of drug-likeness (QED) is 0.812. The highest BCUT2D eigenvalue weighted by molar-refractivity contribution is 7.80. The van der Waals surface area contributed by atoms with Gasteiger partial charge in [-0.05, 0) is 55.0 Å². The molecular formula is C17H20N2O3S. The van der Waals surface area contributed by atoms with Crippen LogP contribution in [0.25, 0.3) is 0 Å². The van der Waals surface area contributed by atoms with Gasteiger partial charge in [-0.2, -0.15) is 0 Å². The van der Waals surface area contributed by atoms with Gasteiger partial charge in [-0.3, -0.25) is 0 Å². The maximum atomic E-state index is 5.37. The molecule has 0 heterocycles. The van der Waals surface area contributed by atoms with E-state index in [1.54, 1.807) is 27.4 Å². The van der Waals surface area contributed by atoms with Crippen LogP contribution in [0.2, 0.25) is 0 Å². The lowest BCUT2D eigenvalue weighted by Crippen LogP contribution is -2.20. The van der Waals surface area contributed by atoms with Gasteiger partial charge in [0.25, 0.3) is 0 Å². The van der Waals surface area contributed by atoms with Crippen LogP contribution in [-0.4, -0.2) is 26.4 Å². The van der Waals surface area contributed by atoms with Gasteiger partial charge < -0.3 is 24.8 Å². The number of benzene rings is 2. The molecule has 0 saturated carbocycles. The van der Waals surface area contributed by atoms with Gasteiger partial charge in [0.15, 0.2) is 5.11 Å². The van der Waals surface area contributed by atoms with E-state index in [1.807, 2.05) is 37.3 Å². The van der Waals surface area contributed by atoms with Crippen molar-refractivity contribution in [3.8, 4) is 17.2 Å². The molecule has 5 nitrogen and oxygen atoms in total. The van der Waals surface area contributed by atoms with Crippen molar-refractivity contribution >= 4 is 28.7 Å². The number of thiocarbonyl (C=S) groups is 1. The van der Waals surface area contributed by atoms with Gasteiger partial charge in [0, 0.05) is 11.8 Å². The van der Waals surface area contributed by atoms with Crippen LogP contribution in [0.1, 0.15) is 5.56 Å². The van der Waals surface area contributed by atoms with E-state index >= 15 is 0 Å². The van der Waals surface area contributed by atoms with Crippen molar-refractivity contribution in [3.05, 3.63) is 42.0 Å². The van der Waals surface area contributed by atoms with Crippen molar-refractivity contribution in [2.24, 2.45) is 0 Å². The second kappa shape index (κ2) is 7.69. The van der Waals surface area contributed by atoms with E-state index in [9.17, 15) is 0 Å². The van der Waals surface area contributed by atoms with Gasteiger partial charge in [0.05, 0.1) is 27.0 Å². The molecule has 0 aromatic heterocycles. The minimum absolute atomic E-state index is 0.474. The van der Waals surface area contributed by atoms with E-state index in [4.69, 9.17) is 26.4 Å². The summed E-state index contributed by atoms with van der Waals surface area (Å²) in [5, 5.41) is 6.77. The minimum atomic E-state index is 0.474. The topological polar surface area (TPSA) is 51.8 Å². The standard InChI is InChI=1S/C17H20N2O3S/c1-11-9-12(20-2)5-7-14(11)18-17(23)19-15-8-6-13(21-3)10-16(15)22-4/h5-10H,1-4H3,(H2,18,19,23). The predicted octanol–water partition coefficient (Wildman–Crippen LogP) is 3.83. The summed E-state index contributed by atoms with van der Waals surface area (Å²) >= 11 is 5.37. The Labute approximate surface area is 141 Å². The number of aryl methyl sites for hydroxylation is 1. The van der Waals surface area contributed by atoms with E-state index in [0.29, 0.717) is 10.9 Å². The number of anilines is 2. The van der Waals surface area contributed by atoms with Crippen LogP contribution in [0.4, 0.5) is 11.4 Å². The molecule has 23 heavy (non-hydrogen) atoms. The summed E-state index contributed by atoms with van der Waals surface area (Å²) in [7, 11) is 4.86. The first-order valence-electron chi connectivity index (χ1n) is 7.02. The fourth-order valence-corrected chi connectivity index (χ4v) is 2.30. The van der Waals surface area contributed by atoms with Crippen molar-refractivity contribution in [1.82, 2.24) is 0 Å². The van der Waals surface area contributed by atoms with Gasteiger partial charge in [0.1, 0.15) is 17.2 Å². The van der Waals surface area contributed by atoms with E-state index < -0.39 is 0 Å². The third-order valence-electron chi connectivity index (χ3n) is 3.34. The number of hydrogen-bond donors (Lipinski definition) is 2. The third-order valence-corrected chi connectivity index (χ3v) is 3.54. The van der Waals surface area contributed by atoms with Gasteiger partial charge in [0.2, 0.25) is 0 Å². The van der Waals surface area contributed by atoms with Gasteiger partial charge in [-0.1, -0.05) is 0 Å². The molecule has 0 unspecified atom stereocenters. The molecule has 0 spiro atoms. The maximum absolute atomic E-state index is 5.37. The van der Waals surface area contributed by atoms with Crippen molar-refractivity contribution in [1.29, 1.82) is 0 Å². The van der Waals surface area contributed by atoms with Crippen molar-refractivity contribution in [3.63, 3.8) is 0 Å². The molecule has 2 N–H and O–H groups in total. The molecule has 0 atom stereocenters. The predicted molar refractivity (Wildman–Crippen MR) is 97.1 cm³/mol. The smallest absolute Gasteiger partial charge is 0.175 e. The lowest BCUT2D eigenvalue weighted by atomic mass is 10.2. The third kappa shape index (κ3) is 4.26. The average molecular weight is 332 g/mol. The molecule has 0 radical (unpaired) electrons. The summed E-state index contributed by atoms with van der Waals surface area (Å²) < 4.78 is 15.7. The minimum Gasteiger partial charge on any atom is -0.497 e. The molecule has 2 aromatic rings. The second-order valence-corrected chi connectivity index (χ2v) is 5.23. The van der Waals surface area contributed by atoms with Crippen molar-refractivity contribution < 1.29 is 14.2 Å². The molecule has 0 aliphatic rings. The van der Waals surface area contributed by atoms with Gasteiger partial charge >= 0.3 is 0 Å². The lowest BCUT2D eigenvalue weighted by Gasteiger charge is -2.15. The second-order valence-electron chi connectivity index (χ2n) is 4.83. The van der Waals surface area contributed by atoms with Crippen LogP contribution in [-0.2, 0) is 0 Å². The highest BCUT2D eigenvalue weighted by Gasteiger charge is 2.08. The molecule has 0 amide bonds. The molecule has 0 bridgehead atoms. The van der Waals surface area contributed by atoms with E-state index in [-0.39, 0.29) is 0 Å². The Morgan fingerprint density at radius 3 is 1.96 bits per heavy atom. The molecule has 6 heteroatoms. The van der Waals surface area contributed by atoms with Crippen LogP contribution in [0.15, 0.2) is 36.4 Å². The Balaban J connectivity index is 2.10. The summed E-state index contributed by atoms with van der Waals surface area (Å²) in [6.07, 6.45) is 0. The SMILES string of the molecule is COc1ccc(NC(=S)Nc2ccc(OC)cc2OC)c(C)c1. The van der Waals surface area contributed by atoms with Crippen LogP contribution < -0.4 is 24.8 Å². The summed E-state index contributed by atoms with van der Waals surface area (Å²) in [5.41, 5.74) is 2.71. The first kappa shape index (κ1) is 16.9. The van der Waals surface area contributed by atoms with E-state index in [1.165, 1.54) is 0 Å². The molecular weight excluding hydrogens is 312 g/mol. The highest BCUT2D eigenvalue weighted by Crippen LogP contribution is 2.29. The molecule has 2 rings (SSSR count). The van der Waals surface area contributed by atoms with Crippen LogP contribution in [0.3, 0.4) is 0 Å². The Morgan fingerprint density at radius 1 is 0.826 bits per heavy atom. The molecule has 0 aliphatic heterocycles. The molecule has 122 valence electrons. The Morgan fingerprint density at radius 2 is 1.39 bits per heavy atom. The van der Waals surface area contributed by atoms with E-state index in [2.05, 4.69) is 10.6 Å². The summed E-state index contributed by atoms with van der Waals surface area (Å²) in [5.74, 6) is 2.18. The highest BCUT2D eigenvalue weighted by atomic mass is 32.1. The van der Waals surface area contributed by atoms with Crippen molar-refractivity contribution in [2.45, 2.75) is 6.92 Å². The average Bonchev–Trinajstić information content (AvgIpc) is 2.57. The Kier molecular flexibility index (Phi) is 5.65. The van der Waals surface area contributed by atoms with Crippen molar-refractivity contribution in [2.75, 3.05) is 32.0 Å². The van der Waals surface area contributed by atoms with E-state index in [0.717, 1.165) is 28.4 Å². The number of methoxy groups -OCH3 is 3. The number of hydrogen-bond acceptors (Lipinski definition) is 4. The number of nitrogens with one attached hydrogen (secondary N) is 2. The van der Waals surface area contributed by atoms with Gasteiger partial charge in [-0.15, -0.1) is 0 Å². The zero-order valence-electron chi connectivity index (χ0n) is 13.6. The largest absolute Gasteiger partial charge is 0.497 e. The number of ether oxygens (including phenoxy) is 3. The molecule has 0 saturated heterocycles. The van der Waals surface area contributed by atoms with Gasteiger partial charge in [-0.25, -0.2) is 0 Å². The molecule has 0 fully saturated rings. The fraction of sp³-hybridized carbons (Fsp3) is 0.235. The Bertz CT molecular complexity index is 704. The number of rotatable bonds is 5. The first-order chi connectivity index (χ1) is 11.1. The normalized spacial score (nSPS) is 9.91. The summed E-state index contributed by atoms with van der Waals surface area (Å²) in [6, 6.07) is 11.2. The summed E-state index contributed by atoms with van der Waals surface area (Å²) in [6.45, 7) is 1.99. The zero-order chi connectivity index (χ0) is 16.8. The van der Waals surface area contributed by atoms with Crippen LogP contribution in [0, 0.1) is 6.92 Å². The fourth-order valence-electron chi connectivity index (χ4n) is 2.08. The van der Waals surface area contributed by atoms with Crippen LogP contribution >= 0.6 is 12.2 Å².